The van der Waals surface area contributed by atoms with Crippen LogP contribution in [0.3, 0.4) is 0 Å². The monoisotopic (exact) mass is 415 g/mol. The lowest BCUT2D eigenvalue weighted by atomic mass is 9.65. The van der Waals surface area contributed by atoms with Crippen LogP contribution in [-0.2, 0) is 19.9 Å². The van der Waals surface area contributed by atoms with Crippen molar-refractivity contribution in [1.82, 2.24) is 4.90 Å². The summed E-state index contributed by atoms with van der Waals surface area (Å²) in [5.74, 6) is -0.388. The molecule has 0 radical (unpaired) electrons. The van der Waals surface area contributed by atoms with Gasteiger partial charge in [-0.25, -0.2) is 0 Å². The van der Waals surface area contributed by atoms with E-state index in [0.717, 1.165) is 29.8 Å². The van der Waals surface area contributed by atoms with Crippen LogP contribution in [0.1, 0.15) is 37.3 Å². The number of carbonyl (C=O) groups excluding carboxylic acids is 1. The highest BCUT2D eigenvalue weighted by molar-refractivity contribution is 6.07. The lowest BCUT2D eigenvalue weighted by Crippen LogP contribution is -2.74. The van der Waals surface area contributed by atoms with Crippen molar-refractivity contribution >= 4 is 17.4 Å². The van der Waals surface area contributed by atoms with Gasteiger partial charge in [-0.3, -0.25) is 14.7 Å². The molecule has 7 nitrogen and oxygen atoms in total. The summed E-state index contributed by atoms with van der Waals surface area (Å²) < 4.78 is 10.5. The zero-order valence-electron chi connectivity index (χ0n) is 18.4. The van der Waals surface area contributed by atoms with Crippen molar-refractivity contribution in [3.8, 4) is 0 Å². The first kappa shape index (κ1) is 21.4. The molecule has 0 bridgehead atoms. The van der Waals surface area contributed by atoms with Crippen LogP contribution < -0.4 is 5.73 Å². The van der Waals surface area contributed by atoms with E-state index in [-0.39, 0.29) is 11.9 Å². The van der Waals surface area contributed by atoms with E-state index in [1.807, 2.05) is 25.1 Å². The van der Waals surface area contributed by atoms with Gasteiger partial charge < -0.3 is 20.3 Å². The number of fused-ring (bicyclic) bond motifs is 5. The molecule has 0 aliphatic carbocycles. The molecule has 2 saturated heterocycles. The van der Waals surface area contributed by atoms with Crippen LogP contribution in [0.15, 0.2) is 23.2 Å². The molecular weight excluding hydrogens is 382 g/mol. The second kappa shape index (κ2) is 7.71. The van der Waals surface area contributed by atoms with Crippen LogP contribution in [0.25, 0.3) is 0 Å². The van der Waals surface area contributed by atoms with Gasteiger partial charge in [-0.05, 0) is 43.2 Å². The number of aryl methyl sites for hydroxylation is 1. The highest BCUT2D eigenvalue weighted by atomic mass is 16.5. The molecule has 0 amide bonds. The summed E-state index contributed by atoms with van der Waals surface area (Å²) in [4.78, 5) is 19.7. The molecule has 0 aromatic heterocycles. The van der Waals surface area contributed by atoms with Crippen molar-refractivity contribution in [2.24, 2.45) is 28.5 Å². The largest absolute Gasteiger partial charge is 0.469 e. The fraction of sp³-hybridized carbons (Fsp3) is 0.652. The first-order valence-corrected chi connectivity index (χ1v) is 10.8. The molecule has 4 rings (SSSR count). The predicted octanol–water partition coefficient (Wildman–Crippen LogP) is 2.11. The number of hydrogen-bond acceptors (Lipinski definition) is 7. The quantitative estimate of drug-likeness (QED) is 0.715. The average molecular weight is 416 g/mol. The van der Waals surface area contributed by atoms with Crippen LogP contribution in [0.5, 0.6) is 0 Å². The summed E-state index contributed by atoms with van der Waals surface area (Å²) in [5, 5.41) is 11.8. The first-order valence-electron chi connectivity index (χ1n) is 10.8. The Morgan fingerprint density at radius 2 is 2.20 bits per heavy atom. The maximum absolute atomic E-state index is 12.6. The maximum Gasteiger partial charge on any atom is 0.311 e. The zero-order chi connectivity index (χ0) is 21.7. The van der Waals surface area contributed by atoms with Crippen LogP contribution in [0.2, 0.25) is 0 Å². The van der Waals surface area contributed by atoms with Crippen LogP contribution in [0.4, 0.5) is 5.69 Å². The molecule has 30 heavy (non-hydrogen) atoms. The average Bonchev–Trinajstić information content (AvgIpc) is 3.05. The molecule has 5 atom stereocenters. The van der Waals surface area contributed by atoms with Crippen LogP contribution in [0, 0.1) is 24.7 Å². The fourth-order valence-corrected chi connectivity index (χ4v) is 5.98. The molecule has 3 N–H and O–H groups in total. The van der Waals surface area contributed by atoms with Gasteiger partial charge in [0.2, 0.25) is 0 Å². The molecule has 164 valence electrons. The Labute approximate surface area is 178 Å². The number of esters is 1. The van der Waals surface area contributed by atoms with E-state index in [4.69, 9.17) is 20.2 Å². The minimum atomic E-state index is -1.16. The number of hydrogen-bond donors (Lipinski definition) is 2. The number of nitrogens with two attached hydrogens (primary N) is 1. The third kappa shape index (κ3) is 3.02. The Morgan fingerprint density at radius 1 is 1.43 bits per heavy atom. The van der Waals surface area contributed by atoms with E-state index >= 15 is 0 Å². The van der Waals surface area contributed by atoms with Crippen molar-refractivity contribution in [1.29, 1.82) is 0 Å². The van der Waals surface area contributed by atoms with Crippen LogP contribution in [-0.4, -0.2) is 61.3 Å². The summed E-state index contributed by atoms with van der Waals surface area (Å²) in [7, 11) is 3.02. The van der Waals surface area contributed by atoms with Gasteiger partial charge in [0.05, 0.1) is 31.0 Å². The van der Waals surface area contributed by atoms with E-state index in [9.17, 15) is 9.90 Å². The number of rotatable bonds is 5. The van der Waals surface area contributed by atoms with E-state index < -0.39 is 17.2 Å². The molecule has 3 heterocycles. The SMILES string of the molecule is CC[C@@H]1CN2CC[C@@]3(O)C(=Nc4cccc(C)c43)[C@]2(N)C[C@@H]1C(COC)C(=O)OC. The highest BCUT2D eigenvalue weighted by Gasteiger charge is 2.60. The molecule has 2 fully saturated rings. The minimum Gasteiger partial charge on any atom is -0.469 e. The van der Waals surface area contributed by atoms with E-state index in [0.29, 0.717) is 37.6 Å². The van der Waals surface area contributed by atoms with E-state index in [1.165, 1.54) is 7.11 Å². The van der Waals surface area contributed by atoms with Crippen molar-refractivity contribution in [3.63, 3.8) is 0 Å². The second-order valence-electron chi connectivity index (χ2n) is 9.03. The Bertz CT molecular complexity index is 872. The summed E-state index contributed by atoms with van der Waals surface area (Å²) >= 11 is 0. The normalized spacial score (nSPS) is 33.9. The number of aliphatic hydroxyl groups is 1. The molecule has 1 aromatic carbocycles. The van der Waals surface area contributed by atoms with Gasteiger partial charge in [0, 0.05) is 25.8 Å². The Kier molecular flexibility index (Phi) is 5.51. The molecule has 1 aromatic rings. The summed E-state index contributed by atoms with van der Waals surface area (Å²) in [6.45, 7) is 5.90. The molecule has 1 unspecified atom stereocenters. The molecule has 3 aliphatic heterocycles. The third-order valence-corrected chi connectivity index (χ3v) is 7.50. The Balaban J connectivity index is 1.75. The number of ether oxygens (including phenoxy) is 2. The van der Waals surface area contributed by atoms with Gasteiger partial charge >= 0.3 is 5.97 Å². The van der Waals surface area contributed by atoms with Crippen LogP contribution >= 0.6 is 0 Å². The number of piperidine rings is 2. The van der Waals surface area contributed by atoms with Gasteiger partial charge in [0.1, 0.15) is 11.3 Å². The van der Waals surface area contributed by atoms with Gasteiger partial charge in [0.25, 0.3) is 0 Å². The third-order valence-electron chi connectivity index (χ3n) is 7.50. The molecule has 3 aliphatic rings. The first-order chi connectivity index (χ1) is 14.3. The molecule has 7 heteroatoms. The highest BCUT2D eigenvalue weighted by Crippen LogP contribution is 2.52. The van der Waals surface area contributed by atoms with Crippen molar-refractivity contribution in [2.75, 3.05) is 33.9 Å². The summed E-state index contributed by atoms with van der Waals surface area (Å²) in [6.07, 6.45) is 2.04. The lowest BCUT2D eigenvalue weighted by Gasteiger charge is -2.56. The van der Waals surface area contributed by atoms with E-state index in [2.05, 4.69) is 11.8 Å². The van der Waals surface area contributed by atoms with Gasteiger partial charge in [-0.2, -0.15) is 0 Å². The molecular formula is C23H33N3O4. The van der Waals surface area contributed by atoms with Crippen molar-refractivity contribution in [3.05, 3.63) is 29.3 Å². The number of aliphatic imine (C=N–C) groups is 1. The molecule has 0 saturated carbocycles. The molecule has 0 spiro atoms. The van der Waals surface area contributed by atoms with Crippen molar-refractivity contribution < 1.29 is 19.4 Å². The number of benzene rings is 1. The summed E-state index contributed by atoms with van der Waals surface area (Å²) in [6, 6.07) is 5.91. The lowest BCUT2D eigenvalue weighted by molar-refractivity contribution is -0.153. The zero-order valence-corrected chi connectivity index (χ0v) is 18.4. The number of nitrogens with zero attached hydrogens (tertiary/aromatic N) is 2. The van der Waals surface area contributed by atoms with Gasteiger partial charge in [-0.15, -0.1) is 0 Å². The fourth-order valence-electron chi connectivity index (χ4n) is 5.98. The van der Waals surface area contributed by atoms with Gasteiger partial charge in [-0.1, -0.05) is 25.5 Å². The Morgan fingerprint density at radius 3 is 2.87 bits per heavy atom. The topological polar surface area (TPSA) is 97.4 Å². The Hall–Kier alpha value is -1.80. The van der Waals surface area contributed by atoms with Crippen molar-refractivity contribution in [2.45, 2.75) is 44.4 Å². The minimum absolute atomic E-state index is 0.0153. The number of carbonyl (C=O) groups is 1. The predicted molar refractivity (Wildman–Crippen MR) is 115 cm³/mol. The summed E-state index contributed by atoms with van der Waals surface area (Å²) in [5.41, 5.74) is 8.34. The smallest absolute Gasteiger partial charge is 0.311 e. The standard InChI is InChI=1S/C23H33N3O4/c1-5-15-12-26-10-9-22(28)19-14(2)7-6-8-18(19)25-21(22)23(26,24)11-16(15)17(13-29-3)20(27)30-4/h6-8,15-17,28H,5,9-13,24H2,1-4H3/t15-,16+,17?,22+,23+/m1/s1. The maximum atomic E-state index is 12.6. The van der Waals surface area contributed by atoms with E-state index in [1.54, 1.807) is 7.11 Å². The second-order valence-corrected chi connectivity index (χ2v) is 9.03. The number of methoxy groups -OCH3 is 2. The van der Waals surface area contributed by atoms with Gasteiger partial charge in [0.15, 0.2) is 0 Å².